The van der Waals surface area contributed by atoms with E-state index in [-0.39, 0.29) is 0 Å². The summed E-state index contributed by atoms with van der Waals surface area (Å²) in [7, 11) is -0.829. The number of nitrogens with one attached hydrogen (secondary N) is 2. The maximum atomic E-state index is 10.8. The Balaban J connectivity index is 0.000000130. The van der Waals surface area contributed by atoms with E-state index in [2.05, 4.69) is 50.3 Å². The molecular formula is C27H24N4OS2. The summed E-state index contributed by atoms with van der Waals surface area (Å²) in [5.41, 5.74) is 1.90. The van der Waals surface area contributed by atoms with E-state index in [9.17, 15) is 4.21 Å². The highest BCUT2D eigenvalue weighted by Gasteiger charge is 2.04. The maximum Gasteiger partial charge on any atom is 0.138 e. The van der Waals surface area contributed by atoms with Gasteiger partial charge in [-0.05, 0) is 54.6 Å². The molecule has 6 rings (SSSR count). The van der Waals surface area contributed by atoms with Crippen LogP contribution in [0.1, 0.15) is 0 Å². The van der Waals surface area contributed by atoms with Gasteiger partial charge >= 0.3 is 0 Å². The zero-order chi connectivity index (χ0) is 23.6. The molecule has 1 atom stereocenters. The van der Waals surface area contributed by atoms with Crippen LogP contribution in [-0.4, -0.2) is 30.4 Å². The molecular weight excluding hydrogens is 460 g/mol. The zero-order valence-electron chi connectivity index (χ0n) is 18.6. The Morgan fingerprint density at radius 3 is 2.09 bits per heavy atom. The molecule has 0 radical (unpaired) electrons. The number of hydrogen-bond acceptors (Lipinski definition) is 4. The van der Waals surface area contributed by atoms with Crippen LogP contribution < -0.4 is 0 Å². The van der Waals surface area contributed by atoms with Gasteiger partial charge in [0.2, 0.25) is 0 Å². The molecule has 0 bridgehead atoms. The molecule has 7 heteroatoms. The number of aromatic amines is 2. The topological polar surface area (TPSA) is 74.4 Å². The first-order chi connectivity index (χ1) is 16.7. The molecule has 4 aromatic heterocycles. The molecule has 2 N–H and O–H groups in total. The Kier molecular flexibility index (Phi) is 8.27. The third-order valence-electron chi connectivity index (χ3n) is 4.78. The lowest BCUT2D eigenvalue weighted by molar-refractivity contribution is 0.687. The van der Waals surface area contributed by atoms with Gasteiger partial charge in [0.1, 0.15) is 11.3 Å². The van der Waals surface area contributed by atoms with E-state index >= 15 is 0 Å². The molecule has 34 heavy (non-hydrogen) atoms. The summed E-state index contributed by atoms with van der Waals surface area (Å²) in [6.07, 6.45) is 9.15. The highest BCUT2D eigenvalue weighted by Crippen LogP contribution is 2.32. The first kappa shape index (κ1) is 23.5. The monoisotopic (exact) mass is 484 g/mol. The van der Waals surface area contributed by atoms with Crippen molar-refractivity contribution in [1.82, 2.24) is 19.9 Å². The first-order valence-electron chi connectivity index (χ1n) is 10.6. The summed E-state index contributed by atoms with van der Waals surface area (Å²) in [6.45, 7) is 0. The summed E-state index contributed by atoms with van der Waals surface area (Å²) in [5.74, 6) is 0. The van der Waals surface area contributed by atoms with Crippen molar-refractivity contribution in [2.45, 2.75) is 14.7 Å². The van der Waals surface area contributed by atoms with Crippen LogP contribution in [0.15, 0.2) is 130 Å². The van der Waals surface area contributed by atoms with Crippen LogP contribution in [-0.2, 0) is 10.8 Å². The van der Waals surface area contributed by atoms with E-state index in [0.717, 1.165) is 21.6 Å². The lowest BCUT2D eigenvalue weighted by atomic mass is 10.3. The zero-order valence-corrected chi connectivity index (χ0v) is 20.2. The third-order valence-corrected chi connectivity index (χ3v) is 6.78. The number of H-pyrrole nitrogens is 2. The largest absolute Gasteiger partial charge is 0.346 e. The average Bonchev–Trinajstić information content (AvgIpc) is 3.53. The van der Waals surface area contributed by atoms with Gasteiger partial charge in [0.05, 0.1) is 0 Å². The summed E-state index contributed by atoms with van der Waals surface area (Å²) in [6, 6.07) is 29.8. The van der Waals surface area contributed by atoms with Crippen LogP contribution >= 0.6 is 11.8 Å². The Morgan fingerprint density at radius 2 is 1.41 bits per heavy atom. The van der Waals surface area contributed by atoms with Crippen molar-refractivity contribution in [3.63, 3.8) is 0 Å². The van der Waals surface area contributed by atoms with Crippen molar-refractivity contribution < 1.29 is 4.21 Å². The number of pyridine rings is 2. The molecule has 1 unspecified atom stereocenters. The van der Waals surface area contributed by atoms with Gasteiger partial charge in [-0.2, -0.15) is 0 Å². The number of aromatic nitrogens is 4. The van der Waals surface area contributed by atoms with Crippen molar-refractivity contribution in [2.75, 3.05) is 6.26 Å². The van der Waals surface area contributed by atoms with Gasteiger partial charge in [-0.25, -0.2) is 9.97 Å². The Hall–Kier alpha value is -3.68. The predicted octanol–water partition coefficient (Wildman–Crippen LogP) is 6.70. The van der Waals surface area contributed by atoms with E-state index in [1.165, 1.54) is 15.2 Å². The Morgan fingerprint density at radius 1 is 0.735 bits per heavy atom. The van der Waals surface area contributed by atoms with Crippen molar-refractivity contribution in [1.29, 1.82) is 0 Å². The van der Waals surface area contributed by atoms with Gasteiger partial charge in [0, 0.05) is 67.3 Å². The molecule has 0 aliphatic rings. The fraction of sp³-hybridized carbons (Fsp3) is 0.0370. The maximum absolute atomic E-state index is 10.8. The van der Waals surface area contributed by atoms with Gasteiger partial charge in [-0.15, -0.1) is 0 Å². The molecule has 0 spiro atoms. The van der Waals surface area contributed by atoms with E-state index in [1.807, 2.05) is 73.1 Å². The average molecular weight is 485 g/mol. The smallest absolute Gasteiger partial charge is 0.138 e. The lowest BCUT2D eigenvalue weighted by Crippen LogP contribution is -1.83. The van der Waals surface area contributed by atoms with E-state index in [0.29, 0.717) is 0 Å². The summed E-state index contributed by atoms with van der Waals surface area (Å²) in [5, 5.41) is 2.34. The second kappa shape index (κ2) is 12.0. The lowest BCUT2D eigenvalue weighted by Gasteiger charge is -1.98. The second-order valence-corrected chi connectivity index (χ2v) is 9.65. The normalized spacial score (nSPS) is 11.2. The minimum Gasteiger partial charge on any atom is -0.346 e. The first-order valence-corrected chi connectivity index (χ1v) is 13.0. The molecule has 0 aliphatic heterocycles. The number of nitrogens with zero attached hydrogens (tertiary/aromatic N) is 2. The highest BCUT2D eigenvalue weighted by atomic mass is 32.2. The van der Waals surface area contributed by atoms with Crippen molar-refractivity contribution >= 4 is 44.6 Å². The summed E-state index contributed by atoms with van der Waals surface area (Å²) < 4.78 is 10.8. The number of benzene rings is 2. The molecule has 0 saturated carbocycles. The van der Waals surface area contributed by atoms with Gasteiger partial charge in [-0.1, -0.05) is 48.2 Å². The van der Waals surface area contributed by atoms with E-state index in [1.54, 1.807) is 30.4 Å². The third kappa shape index (κ3) is 6.43. The molecule has 170 valence electrons. The Bertz CT molecular complexity index is 1430. The molecule has 6 aromatic rings. The fourth-order valence-electron chi connectivity index (χ4n) is 3.13. The number of rotatable bonds is 3. The van der Waals surface area contributed by atoms with Crippen LogP contribution in [0.3, 0.4) is 0 Å². The molecule has 5 nitrogen and oxygen atoms in total. The summed E-state index contributed by atoms with van der Waals surface area (Å²) >= 11 is 1.75. The van der Waals surface area contributed by atoms with Crippen molar-refractivity contribution in [2.24, 2.45) is 0 Å². The van der Waals surface area contributed by atoms with Crippen LogP contribution in [0.25, 0.3) is 22.1 Å². The standard InChI is InChI=1S/C13H10N2S.C7H6N2.C7H8OS/c1-2-5-10(6-3-1)16-12-9-15-13-11(12)7-4-8-14-13;1-2-6-3-5-9-7(6)8-4-1;1-9(8)7-5-3-2-4-6-7/h1-9H,(H,14,15);1-5H,(H,8,9);2-6H,1H3. The molecule has 0 aliphatic carbocycles. The van der Waals surface area contributed by atoms with Gasteiger partial charge in [0.25, 0.3) is 0 Å². The van der Waals surface area contributed by atoms with E-state index < -0.39 is 10.8 Å². The molecule has 0 amide bonds. The van der Waals surface area contributed by atoms with Crippen LogP contribution in [0.4, 0.5) is 0 Å². The second-order valence-electron chi connectivity index (χ2n) is 7.15. The molecule has 0 saturated heterocycles. The molecule has 2 aromatic carbocycles. The van der Waals surface area contributed by atoms with Gasteiger partial charge in [0.15, 0.2) is 0 Å². The number of hydrogen-bond donors (Lipinski definition) is 2. The van der Waals surface area contributed by atoms with Crippen LogP contribution in [0.2, 0.25) is 0 Å². The fourth-order valence-corrected chi connectivity index (χ4v) is 4.61. The van der Waals surface area contributed by atoms with Crippen molar-refractivity contribution in [3.8, 4) is 0 Å². The quantitative estimate of drug-likeness (QED) is 0.293. The minimum atomic E-state index is -0.829. The van der Waals surface area contributed by atoms with Gasteiger partial charge in [-0.3, -0.25) is 4.21 Å². The predicted molar refractivity (Wildman–Crippen MR) is 142 cm³/mol. The SMILES string of the molecule is CS(=O)c1ccccc1.c1ccc(Sc2c[nH]c3ncccc23)cc1.c1cnc2[nH]ccc2c1. The van der Waals surface area contributed by atoms with Crippen LogP contribution in [0.5, 0.6) is 0 Å². The summed E-state index contributed by atoms with van der Waals surface area (Å²) in [4.78, 5) is 17.9. The number of fused-ring (bicyclic) bond motifs is 2. The van der Waals surface area contributed by atoms with Gasteiger partial charge < -0.3 is 9.97 Å². The minimum absolute atomic E-state index is 0.829. The van der Waals surface area contributed by atoms with E-state index in [4.69, 9.17) is 0 Å². The van der Waals surface area contributed by atoms with Crippen molar-refractivity contribution in [3.05, 3.63) is 116 Å². The molecule has 0 fully saturated rings. The van der Waals surface area contributed by atoms with Crippen LogP contribution in [0, 0.1) is 0 Å². The molecule has 4 heterocycles. The highest BCUT2D eigenvalue weighted by molar-refractivity contribution is 7.99. The Labute approximate surface area is 205 Å².